The number of aryl methyl sites for hydroxylation is 1. The van der Waals surface area contributed by atoms with Crippen LogP contribution in [0.3, 0.4) is 0 Å². The maximum Gasteiger partial charge on any atom is 0.277 e. The van der Waals surface area contributed by atoms with E-state index in [2.05, 4.69) is 62.3 Å². The summed E-state index contributed by atoms with van der Waals surface area (Å²) in [7, 11) is 2.15. The smallest absolute Gasteiger partial charge is 0.277 e. The van der Waals surface area contributed by atoms with Crippen molar-refractivity contribution in [2.45, 2.75) is 45.6 Å². The molecule has 3 rings (SSSR count). The monoisotopic (exact) mass is 413 g/mol. The molecule has 0 aliphatic carbocycles. The van der Waals surface area contributed by atoms with E-state index in [0.29, 0.717) is 16.7 Å². The minimum atomic E-state index is -0.318. The van der Waals surface area contributed by atoms with Crippen LogP contribution < -0.4 is 15.1 Å². The summed E-state index contributed by atoms with van der Waals surface area (Å²) in [6.45, 7) is 8.77. The van der Waals surface area contributed by atoms with Gasteiger partial charge in [-0.1, -0.05) is 18.5 Å². The number of nitrogens with one attached hydrogen (secondary N) is 1. The number of hydrazone groups is 1. The first-order valence-corrected chi connectivity index (χ1v) is 10.1. The van der Waals surface area contributed by atoms with Crippen LogP contribution in [0.25, 0.3) is 0 Å². The Labute approximate surface area is 177 Å². The molecule has 6 heteroatoms. The third-order valence-corrected chi connectivity index (χ3v) is 5.85. The number of rotatable bonds is 5. The fourth-order valence-electron chi connectivity index (χ4n) is 3.76. The van der Waals surface area contributed by atoms with Crippen LogP contribution >= 0.6 is 11.6 Å². The highest BCUT2D eigenvalue weighted by molar-refractivity contribution is 6.30. The van der Waals surface area contributed by atoms with Gasteiger partial charge in [0.25, 0.3) is 5.91 Å². The molecule has 1 aliphatic heterocycles. The van der Waals surface area contributed by atoms with Gasteiger partial charge in [-0.2, -0.15) is 5.10 Å². The molecular formula is C23H28ClN3O2. The van der Waals surface area contributed by atoms with Gasteiger partial charge in [-0.3, -0.25) is 4.79 Å². The number of hydrogen-bond acceptors (Lipinski definition) is 4. The van der Waals surface area contributed by atoms with Crippen molar-refractivity contribution >= 4 is 29.4 Å². The second-order valence-electron chi connectivity index (χ2n) is 8.28. The molecule has 2 aromatic rings. The molecule has 0 fully saturated rings. The van der Waals surface area contributed by atoms with Crippen molar-refractivity contribution in [3.05, 3.63) is 58.1 Å². The SMILES string of the molecule is Cc1cc2c(cc1/C=N\NC(=O)COc1ccc(Cl)cc1)C(C)CC(C)(C)N2C. The van der Waals surface area contributed by atoms with Gasteiger partial charge in [-0.25, -0.2) is 5.43 Å². The number of amides is 1. The minimum absolute atomic E-state index is 0.112. The molecule has 5 nitrogen and oxygen atoms in total. The first kappa shape index (κ1) is 21.2. The summed E-state index contributed by atoms with van der Waals surface area (Å²) in [5, 5.41) is 4.73. The maximum atomic E-state index is 12.0. The van der Waals surface area contributed by atoms with E-state index in [0.717, 1.165) is 17.5 Å². The molecule has 1 N–H and O–H groups in total. The zero-order valence-corrected chi connectivity index (χ0v) is 18.4. The Balaban J connectivity index is 1.64. The minimum Gasteiger partial charge on any atom is -0.484 e. The molecule has 0 spiro atoms. The Bertz CT molecular complexity index is 922. The van der Waals surface area contributed by atoms with Gasteiger partial charge >= 0.3 is 0 Å². The predicted octanol–water partition coefficient (Wildman–Crippen LogP) is 4.90. The predicted molar refractivity (Wildman–Crippen MR) is 119 cm³/mol. The molecule has 2 aromatic carbocycles. The lowest BCUT2D eigenvalue weighted by atomic mass is 9.79. The number of hydrogen-bond donors (Lipinski definition) is 1. The molecule has 0 saturated carbocycles. The van der Waals surface area contributed by atoms with E-state index in [1.165, 1.54) is 11.3 Å². The van der Waals surface area contributed by atoms with Gasteiger partial charge < -0.3 is 9.64 Å². The molecule has 1 unspecified atom stereocenters. The van der Waals surface area contributed by atoms with Crippen LogP contribution in [-0.4, -0.2) is 31.3 Å². The molecule has 0 radical (unpaired) electrons. The lowest BCUT2D eigenvalue weighted by Crippen LogP contribution is -2.45. The van der Waals surface area contributed by atoms with Crippen molar-refractivity contribution in [1.29, 1.82) is 0 Å². The maximum absolute atomic E-state index is 12.0. The highest BCUT2D eigenvalue weighted by atomic mass is 35.5. The van der Waals surface area contributed by atoms with Gasteiger partial charge in [-0.15, -0.1) is 0 Å². The van der Waals surface area contributed by atoms with Crippen LogP contribution in [0, 0.1) is 6.92 Å². The van der Waals surface area contributed by atoms with E-state index in [1.807, 2.05) is 0 Å². The van der Waals surface area contributed by atoms with Crippen molar-refractivity contribution < 1.29 is 9.53 Å². The zero-order chi connectivity index (χ0) is 21.2. The number of anilines is 1. The van der Waals surface area contributed by atoms with Crippen molar-refractivity contribution in [3.63, 3.8) is 0 Å². The van der Waals surface area contributed by atoms with Crippen LogP contribution in [0.15, 0.2) is 41.5 Å². The van der Waals surface area contributed by atoms with Gasteiger partial charge in [0.1, 0.15) is 5.75 Å². The Hall–Kier alpha value is -2.53. The summed E-state index contributed by atoms with van der Waals surface area (Å²) in [6.07, 6.45) is 2.79. The summed E-state index contributed by atoms with van der Waals surface area (Å²) in [5.74, 6) is 0.730. The average Bonchev–Trinajstić information content (AvgIpc) is 2.66. The summed E-state index contributed by atoms with van der Waals surface area (Å²) in [5.41, 5.74) is 7.36. The number of ether oxygens (including phenoxy) is 1. The van der Waals surface area contributed by atoms with Gasteiger partial charge in [0.15, 0.2) is 6.61 Å². The quantitative estimate of drug-likeness (QED) is 0.560. The summed E-state index contributed by atoms with van der Waals surface area (Å²) >= 11 is 5.83. The molecular weight excluding hydrogens is 386 g/mol. The molecule has 0 bridgehead atoms. The number of nitrogens with zero attached hydrogens (tertiary/aromatic N) is 2. The van der Waals surface area contributed by atoms with E-state index in [1.54, 1.807) is 30.5 Å². The fourth-order valence-corrected chi connectivity index (χ4v) is 3.89. The second-order valence-corrected chi connectivity index (χ2v) is 8.72. The van der Waals surface area contributed by atoms with Crippen LogP contribution in [0.4, 0.5) is 5.69 Å². The van der Waals surface area contributed by atoms with Gasteiger partial charge in [0.05, 0.1) is 6.21 Å². The van der Waals surface area contributed by atoms with Crippen molar-refractivity contribution in [1.82, 2.24) is 5.43 Å². The number of fused-ring (bicyclic) bond motifs is 1. The fraction of sp³-hybridized carbons (Fsp3) is 0.391. The normalized spacial score (nSPS) is 17.9. The highest BCUT2D eigenvalue weighted by Crippen LogP contribution is 2.43. The molecule has 1 aliphatic rings. The van der Waals surface area contributed by atoms with E-state index in [-0.39, 0.29) is 18.1 Å². The third kappa shape index (κ3) is 4.91. The Morgan fingerprint density at radius 3 is 2.72 bits per heavy atom. The van der Waals surface area contributed by atoms with E-state index >= 15 is 0 Å². The number of halogens is 1. The zero-order valence-electron chi connectivity index (χ0n) is 17.6. The summed E-state index contributed by atoms with van der Waals surface area (Å²) < 4.78 is 5.42. The Morgan fingerprint density at radius 2 is 2.03 bits per heavy atom. The number of carbonyl (C=O) groups excluding carboxylic acids is 1. The van der Waals surface area contributed by atoms with Crippen LogP contribution in [0.5, 0.6) is 5.75 Å². The van der Waals surface area contributed by atoms with E-state index < -0.39 is 0 Å². The first-order valence-electron chi connectivity index (χ1n) is 9.76. The molecule has 0 aromatic heterocycles. The lowest BCUT2D eigenvalue weighted by Gasteiger charge is -2.45. The molecule has 29 heavy (non-hydrogen) atoms. The standard InChI is InChI=1S/C23H28ClN3O2/c1-15-10-21-20(16(2)12-23(3,4)27(21)5)11-17(15)13-25-26-22(28)14-29-19-8-6-18(24)7-9-19/h6-11,13,16H,12,14H2,1-5H3,(H,26,28)/b25-13-. The van der Waals surface area contributed by atoms with Crippen LogP contribution in [0.1, 0.15) is 49.8 Å². The van der Waals surface area contributed by atoms with E-state index in [9.17, 15) is 4.79 Å². The average molecular weight is 414 g/mol. The van der Waals surface area contributed by atoms with Gasteiger partial charge in [0, 0.05) is 23.3 Å². The van der Waals surface area contributed by atoms with Crippen LogP contribution in [0.2, 0.25) is 5.02 Å². The first-order chi connectivity index (χ1) is 13.7. The number of benzene rings is 2. The molecule has 154 valence electrons. The number of carbonyl (C=O) groups is 1. The second kappa shape index (κ2) is 8.46. The molecule has 1 atom stereocenters. The molecule has 1 amide bonds. The Morgan fingerprint density at radius 1 is 1.34 bits per heavy atom. The lowest BCUT2D eigenvalue weighted by molar-refractivity contribution is -0.123. The largest absolute Gasteiger partial charge is 0.484 e. The molecule has 0 saturated heterocycles. The summed E-state index contributed by atoms with van der Waals surface area (Å²) in [6, 6.07) is 11.3. The van der Waals surface area contributed by atoms with Gasteiger partial charge in [0.2, 0.25) is 0 Å². The summed E-state index contributed by atoms with van der Waals surface area (Å²) in [4.78, 5) is 14.3. The highest BCUT2D eigenvalue weighted by Gasteiger charge is 2.34. The third-order valence-electron chi connectivity index (χ3n) is 5.60. The van der Waals surface area contributed by atoms with Gasteiger partial charge in [-0.05, 0) is 86.2 Å². The topological polar surface area (TPSA) is 53.9 Å². The molecule has 1 heterocycles. The van der Waals surface area contributed by atoms with Crippen molar-refractivity contribution in [3.8, 4) is 5.75 Å². The Kier molecular flexibility index (Phi) is 6.18. The van der Waals surface area contributed by atoms with Crippen LogP contribution in [-0.2, 0) is 4.79 Å². The van der Waals surface area contributed by atoms with Crippen molar-refractivity contribution in [2.24, 2.45) is 5.10 Å². The van der Waals surface area contributed by atoms with Crippen molar-refractivity contribution in [2.75, 3.05) is 18.6 Å². The van der Waals surface area contributed by atoms with E-state index in [4.69, 9.17) is 16.3 Å².